The highest BCUT2D eigenvalue weighted by atomic mass is 79.9. The van der Waals surface area contributed by atoms with Gasteiger partial charge >= 0.3 is 0 Å². The van der Waals surface area contributed by atoms with Crippen LogP contribution >= 0.6 is 28.3 Å². The van der Waals surface area contributed by atoms with Crippen molar-refractivity contribution >= 4 is 55.7 Å². The second kappa shape index (κ2) is 6.78. The first-order valence-corrected chi connectivity index (χ1v) is 7.64. The smallest absolute Gasteiger partial charge is 0.176 e. The van der Waals surface area contributed by atoms with Crippen LogP contribution in [0, 0.1) is 0 Å². The molecular formula is C18H17BrClNO. The van der Waals surface area contributed by atoms with Crippen molar-refractivity contribution in [3.63, 3.8) is 0 Å². The molecule has 0 unspecified atom stereocenters. The van der Waals surface area contributed by atoms with E-state index in [0.29, 0.717) is 6.54 Å². The standard InChI is InChI=1S/C18H16BrNO.ClH/c1-20(2)11-18(21)13-8-7-12-10-17(19)15-6-4-3-5-14(15)16(12)9-13;/h3-10H,11H2,1-2H3;1H. The highest BCUT2D eigenvalue weighted by Crippen LogP contribution is 2.32. The van der Waals surface area contributed by atoms with Gasteiger partial charge in [0.2, 0.25) is 0 Å². The maximum absolute atomic E-state index is 12.3. The SMILES string of the molecule is CN(C)CC(=O)c1ccc2cc(Br)c3ccccc3c2c1.Cl. The van der Waals surface area contributed by atoms with E-state index in [1.165, 1.54) is 10.8 Å². The summed E-state index contributed by atoms with van der Waals surface area (Å²) in [6.45, 7) is 0.431. The zero-order valence-corrected chi connectivity index (χ0v) is 14.9. The Morgan fingerprint density at radius 2 is 1.68 bits per heavy atom. The Morgan fingerprint density at radius 3 is 2.36 bits per heavy atom. The molecule has 0 radical (unpaired) electrons. The van der Waals surface area contributed by atoms with E-state index in [0.717, 1.165) is 20.8 Å². The number of likely N-dealkylation sites (N-methyl/N-ethyl adjacent to an activating group) is 1. The van der Waals surface area contributed by atoms with Gasteiger partial charge < -0.3 is 4.90 Å². The van der Waals surface area contributed by atoms with Crippen molar-refractivity contribution in [3.8, 4) is 0 Å². The summed E-state index contributed by atoms with van der Waals surface area (Å²) in [6, 6.07) is 16.3. The summed E-state index contributed by atoms with van der Waals surface area (Å²) >= 11 is 3.62. The van der Waals surface area contributed by atoms with E-state index >= 15 is 0 Å². The first-order valence-electron chi connectivity index (χ1n) is 6.85. The number of halogens is 2. The molecule has 0 aliphatic carbocycles. The van der Waals surface area contributed by atoms with Gasteiger partial charge in [-0.2, -0.15) is 0 Å². The third-order valence-corrected chi connectivity index (χ3v) is 4.25. The molecule has 0 amide bonds. The van der Waals surface area contributed by atoms with E-state index in [-0.39, 0.29) is 18.2 Å². The molecule has 0 aromatic heterocycles. The van der Waals surface area contributed by atoms with Crippen LogP contribution in [0.1, 0.15) is 10.4 Å². The monoisotopic (exact) mass is 377 g/mol. The topological polar surface area (TPSA) is 20.3 Å². The van der Waals surface area contributed by atoms with Crippen LogP contribution < -0.4 is 0 Å². The Balaban J connectivity index is 0.00000176. The Kier molecular flexibility index (Phi) is 5.22. The summed E-state index contributed by atoms with van der Waals surface area (Å²) in [5.41, 5.74) is 0.767. The van der Waals surface area contributed by atoms with E-state index in [2.05, 4.69) is 34.1 Å². The normalized spacial score (nSPS) is 10.9. The summed E-state index contributed by atoms with van der Waals surface area (Å²) < 4.78 is 1.08. The number of hydrogen-bond acceptors (Lipinski definition) is 2. The lowest BCUT2D eigenvalue weighted by Crippen LogP contribution is -2.21. The third kappa shape index (κ3) is 3.17. The van der Waals surface area contributed by atoms with Crippen molar-refractivity contribution in [1.82, 2.24) is 4.90 Å². The van der Waals surface area contributed by atoms with Crippen LogP contribution in [0.15, 0.2) is 53.0 Å². The lowest BCUT2D eigenvalue weighted by Gasteiger charge is -2.11. The van der Waals surface area contributed by atoms with Gasteiger partial charge in [-0.05, 0) is 47.8 Å². The van der Waals surface area contributed by atoms with Crippen molar-refractivity contribution in [3.05, 3.63) is 58.6 Å². The van der Waals surface area contributed by atoms with Crippen molar-refractivity contribution in [2.75, 3.05) is 20.6 Å². The molecule has 0 spiro atoms. The van der Waals surface area contributed by atoms with Gasteiger partial charge in [-0.15, -0.1) is 12.4 Å². The maximum Gasteiger partial charge on any atom is 0.176 e. The molecule has 0 bridgehead atoms. The highest BCUT2D eigenvalue weighted by Gasteiger charge is 2.10. The average molecular weight is 379 g/mol. The minimum atomic E-state index is 0. The minimum Gasteiger partial charge on any atom is -0.302 e. The van der Waals surface area contributed by atoms with Crippen LogP contribution in [0.5, 0.6) is 0 Å². The fourth-order valence-corrected chi connectivity index (χ4v) is 3.20. The Labute approximate surface area is 144 Å². The first-order chi connectivity index (χ1) is 10.1. The third-order valence-electron chi connectivity index (χ3n) is 3.59. The molecule has 0 atom stereocenters. The fraction of sp³-hybridized carbons (Fsp3) is 0.167. The van der Waals surface area contributed by atoms with E-state index < -0.39 is 0 Å². The van der Waals surface area contributed by atoms with Gasteiger partial charge in [0.05, 0.1) is 6.54 Å². The molecule has 0 saturated heterocycles. The Morgan fingerprint density at radius 1 is 1.00 bits per heavy atom. The number of Topliss-reactive ketones (excluding diaryl/α,β-unsaturated/α-hetero) is 1. The lowest BCUT2D eigenvalue weighted by atomic mass is 9.98. The molecule has 3 rings (SSSR count). The molecule has 0 fully saturated rings. The molecule has 3 aromatic rings. The van der Waals surface area contributed by atoms with Gasteiger partial charge in [-0.3, -0.25) is 4.79 Å². The summed E-state index contributed by atoms with van der Waals surface area (Å²) in [7, 11) is 3.82. The second-order valence-electron chi connectivity index (χ2n) is 5.50. The van der Waals surface area contributed by atoms with E-state index in [9.17, 15) is 4.79 Å². The molecule has 4 heteroatoms. The lowest BCUT2D eigenvalue weighted by molar-refractivity contribution is 0.0958. The first kappa shape index (κ1) is 16.9. The van der Waals surface area contributed by atoms with E-state index in [4.69, 9.17) is 0 Å². The molecule has 0 aliphatic rings. The number of ketones is 1. The van der Waals surface area contributed by atoms with Crippen LogP contribution in [0.2, 0.25) is 0 Å². The van der Waals surface area contributed by atoms with Crippen LogP contribution in [0.25, 0.3) is 21.5 Å². The molecule has 114 valence electrons. The van der Waals surface area contributed by atoms with Crippen LogP contribution in [-0.4, -0.2) is 31.3 Å². The number of carbonyl (C=O) groups is 1. The summed E-state index contributed by atoms with van der Waals surface area (Å²) in [5.74, 6) is 0.147. The molecule has 0 N–H and O–H groups in total. The molecule has 3 aromatic carbocycles. The molecule has 0 saturated carbocycles. The average Bonchev–Trinajstić information content (AvgIpc) is 2.46. The number of fused-ring (bicyclic) bond motifs is 3. The highest BCUT2D eigenvalue weighted by molar-refractivity contribution is 9.10. The Hall–Kier alpha value is -1.42. The van der Waals surface area contributed by atoms with Gasteiger partial charge in [0, 0.05) is 10.0 Å². The second-order valence-corrected chi connectivity index (χ2v) is 6.36. The van der Waals surface area contributed by atoms with E-state index in [1.807, 2.05) is 49.3 Å². The summed E-state index contributed by atoms with van der Waals surface area (Å²) in [6.07, 6.45) is 0. The number of nitrogens with zero attached hydrogens (tertiary/aromatic N) is 1. The fourth-order valence-electron chi connectivity index (χ4n) is 2.61. The molecule has 0 aliphatic heterocycles. The Bertz CT molecular complexity index is 845. The number of benzene rings is 3. The largest absolute Gasteiger partial charge is 0.302 e. The molecule has 0 heterocycles. The molecule has 22 heavy (non-hydrogen) atoms. The number of carbonyl (C=O) groups excluding carboxylic acids is 1. The van der Waals surface area contributed by atoms with Crippen LogP contribution in [0.3, 0.4) is 0 Å². The minimum absolute atomic E-state index is 0. The van der Waals surface area contributed by atoms with Crippen molar-refractivity contribution in [2.45, 2.75) is 0 Å². The van der Waals surface area contributed by atoms with Crippen molar-refractivity contribution in [2.24, 2.45) is 0 Å². The van der Waals surface area contributed by atoms with Crippen molar-refractivity contribution in [1.29, 1.82) is 0 Å². The number of hydrogen-bond donors (Lipinski definition) is 0. The van der Waals surface area contributed by atoms with Gasteiger partial charge in [-0.1, -0.05) is 52.3 Å². The predicted octanol–water partition coefficient (Wildman–Crippen LogP) is 4.92. The van der Waals surface area contributed by atoms with Crippen LogP contribution in [0.4, 0.5) is 0 Å². The van der Waals surface area contributed by atoms with Gasteiger partial charge in [-0.25, -0.2) is 0 Å². The van der Waals surface area contributed by atoms with Gasteiger partial charge in [0.15, 0.2) is 5.78 Å². The summed E-state index contributed by atoms with van der Waals surface area (Å²) in [5, 5.41) is 4.60. The quantitative estimate of drug-likeness (QED) is 0.476. The number of rotatable bonds is 3. The predicted molar refractivity (Wildman–Crippen MR) is 99.3 cm³/mol. The van der Waals surface area contributed by atoms with Gasteiger partial charge in [0.1, 0.15) is 0 Å². The maximum atomic E-state index is 12.3. The molecular weight excluding hydrogens is 362 g/mol. The summed E-state index contributed by atoms with van der Waals surface area (Å²) in [4.78, 5) is 14.1. The van der Waals surface area contributed by atoms with Crippen molar-refractivity contribution < 1.29 is 4.79 Å². The van der Waals surface area contributed by atoms with E-state index in [1.54, 1.807) is 0 Å². The zero-order valence-electron chi connectivity index (χ0n) is 12.5. The van der Waals surface area contributed by atoms with Crippen LogP contribution in [-0.2, 0) is 0 Å². The zero-order chi connectivity index (χ0) is 15.0. The van der Waals surface area contributed by atoms with Gasteiger partial charge in [0.25, 0.3) is 0 Å². The molecule has 2 nitrogen and oxygen atoms in total.